The molecule has 0 aromatic heterocycles. The number of ether oxygens (including phenoxy) is 1. The highest BCUT2D eigenvalue weighted by Gasteiger charge is 2.20. The van der Waals surface area contributed by atoms with Crippen LogP contribution >= 0.6 is 0 Å². The fourth-order valence-electron chi connectivity index (χ4n) is 1.74. The number of carboxylic acid groups (broad SMARTS) is 1. The Morgan fingerprint density at radius 3 is 2.75 bits per heavy atom. The Kier molecular flexibility index (Phi) is 3.44. The Morgan fingerprint density at radius 1 is 1.38 bits per heavy atom. The lowest BCUT2D eigenvalue weighted by atomic mass is 9.96. The van der Waals surface area contributed by atoms with Crippen LogP contribution < -0.4 is 4.74 Å². The molecule has 0 saturated heterocycles. The SMILES string of the molecule is O=C(O)CCc1ccccc1OC1CCC1. The zero-order valence-electron chi connectivity index (χ0n) is 9.19. The first kappa shape index (κ1) is 11.0. The number of hydrogen-bond donors (Lipinski definition) is 1. The molecule has 1 N–H and O–H groups in total. The van der Waals surface area contributed by atoms with E-state index in [1.54, 1.807) is 0 Å². The molecule has 16 heavy (non-hydrogen) atoms. The van der Waals surface area contributed by atoms with Crippen molar-refractivity contribution < 1.29 is 14.6 Å². The number of para-hydroxylation sites is 1. The minimum Gasteiger partial charge on any atom is -0.490 e. The van der Waals surface area contributed by atoms with Crippen molar-refractivity contribution in [1.29, 1.82) is 0 Å². The normalized spacial score (nSPS) is 15.5. The summed E-state index contributed by atoms with van der Waals surface area (Å²) in [5, 5.41) is 8.66. The van der Waals surface area contributed by atoms with Crippen molar-refractivity contribution in [1.82, 2.24) is 0 Å². The highest BCUT2D eigenvalue weighted by Crippen LogP contribution is 2.28. The summed E-state index contributed by atoms with van der Waals surface area (Å²) in [5.41, 5.74) is 0.997. The Bertz CT molecular complexity index is 369. The molecule has 3 heteroatoms. The van der Waals surface area contributed by atoms with Crippen molar-refractivity contribution in [2.24, 2.45) is 0 Å². The molecule has 1 aromatic rings. The first-order valence-corrected chi connectivity index (χ1v) is 5.72. The van der Waals surface area contributed by atoms with E-state index in [1.807, 2.05) is 24.3 Å². The van der Waals surface area contributed by atoms with Gasteiger partial charge in [-0.2, -0.15) is 0 Å². The fourth-order valence-corrected chi connectivity index (χ4v) is 1.74. The van der Waals surface area contributed by atoms with E-state index in [0.717, 1.165) is 24.2 Å². The van der Waals surface area contributed by atoms with Crippen LogP contribution in [0.4, 0.5) is 0 Å². The number of aryl methyl sites for hydroxylation is 1. The molecular weight excluding hydrogens is 204 g/mol. The lowest BCUT2D eigenvalue weighted by molar-refractivity contribution is -0.136. The minimum absolute atomic E-state index is 0.158. The monoisotopic (exact) mass is 220 g/mol. The topological polar surface area (TPSA) is 46.5 Å². The summed E-state index contributed by atoms with van der Waals surface area (Å²) in [6, 6.07) is 7.72. The number of benzene rings is 1. The van der Waals surface area contributed by atoms with E-state index < -0.39 is 5.97 Å². The van der Waals surface area contributed by atoms with Gasteiger partial charge < -0.3 is 9.84 Å². The average molecular weight is 220 g/mol. The van der Waals surface area contributed by atoms with Crippen molar-refractivity contribution in [3.05, 3.63) is 29.8 Å². The van der Waals surface area contributed by atoms with Gasteiger partial charge in [0.25, 0.3) is 0 Å². The predicted molar refractivity (Wildman–Crippen MR) is 60.7 cm³/mol. The van der Waals surface area contributed by atoms with Crippen LogP contribution in [0.2, 0.25) is 0 Å². The van der Waals surface area contributed by atoms with E-state index in [-0.39, 0.29) is 6.42 Å². The molecule has 0 heterocycles. The van der Waals surface area contributed by atoms with Gasteiger partial charge in [0, 0.05) is 6.42 Å². The molecule has 2 rings (SSSR count). The second-order valence-electron chi connectivity index (χ2n) is 4.17. The fraction of sp³-hybridized carbons (Fsp3) is 0.462. The quantitative estimate of drug-likeness (QED) is 0.829. The number of rotatable bonds is 5. The second kappa shape index (κ2) is 5.01. The van der Waals surface area contributed by atoms with Crippen LogP contribution in [-0.4, -0.2) is 17.2 Å². The molecule has 1 fully saturated rings. The first-order chi connectivity index (χ1) is 7.75. The van der Waals surface area contributed by atoms with Gasteiger partial charge in [-0.3, -0.25) is 4.79 Å². The molecule has 0 bridgehead atoms. The second-order valence-corrected chi connectivity index (χ2v) is 4.17. The van der Waals surface area contributed by atoms with Crippen LogP contribution in [0.15, 0.2) is 24.3 Å². The van der Waals surface area contributed by atoms with Crippen molar-refractivity contribution in [3.63, 3.8) is 0 Å². The zero-order chi connectivity index (χ0) is 11.4. The molecule has 1 aliphatic carbocycles. The Labute approximate surface area is 95.0 Å². The van der Waals surface area contributed by atoms with E-state index in [9.17, 15) is 4.79 Å². The number of aliphatic carboxylic acids is 1. The number of carbonyl (C=O) groups is 1. The molecule has 0 atom stereocenters. The lowest BCUT2D eigenvalue weighted by Gasteiger charge is -2.27. The third-order valence-electron chi connectivity index (χ3n) is 2.93. The zero-order valence-corrected chi connectivity index (χ0v) is 9.19. The highest BCUT2D eigenvalue weighted by molar-refractivity contribution is 5.67. The van der Waals surface area contributed by atoms with Crippen LogP contribution in [-0.2, 0) is 11.2 Å². The molecule has 0 radical (unpaired) electrons. The van der Waals surface area contributed by atoms with Crippen molar-refractivity contribution in [2.75, 3.05) is 0 Å². The lowest BCUT2D eigenvalue weighted by Crippen LogP contribution is -2.25. The minimum atomic E-state index is -0.765. The summed E-state index contributed by atoms with van der Waals surface area (Å²) in [7, 11) is 0. The summed E-state index contributed by atoms with van der Waals surface area (Å²) in [6.07, 6.45) is 4.51. The van der Waals surface area contributed by atoms with Gasteiger partial charge in [0.05, 0.1) is 6.10 Å². The van der Waals surface area contributed by atoms with E-state index >= 15 is 0 Å². The molecule has 1 saturated carbocycles. The van der Waals surface area contributed by atoms with Gasteiger partial charge in [-0.15, -0.1) is 0 Å². The molecule has 0 spiro atoms. The maximum Gasteiger partial charge on any atom is 0.303 e. The predicted octanol–water partition coefficient (Wildman–Crippen LogP) is 2.64. The van der Waals surface area contributed by atoms with Gasteiger partial charge in [0.15, 0.2) is 0 Å². The third-order valence-corrected chi connectivity index (χ3v) is 2.93. The molecule has 3 nitrogen and oxygen atoms in total. The van der Waals surface area contributed by atoms with Gasteiger partial charge in [-0.05, 0) is 37.3 Å². The molecule has 0 aliphatic heterocycles. The van der Waals surface area contributed by atoms with Gasteiger partial charge in [-0.25, -0.2) is 0 Å². The summed E-state index contributed by atoms with van der Waals surface area (Å²) in [6.45, 7) is 0. The maximum atomic E-state index is 10.5. The van der Waals surface area contributed by atoms with Gasteiger partial charge in [0.2, 0.25) is 0 Å². The molecule has 0 amide bonds. The Morgan fingerprint density at radius 2 is 2.12 bits per heavy atom. The van der Waals surface area contributed by atoms with E-state index in [4.69, 9.17) is 9.84 Å². The van der Waals surface area contributed by atoms with E-state index in [0.29, 0.717) is 12.5 Å². The van der Waals surface area contributed by atoms with Gasteiger partial charge in [0.1, 0.15) is 5.75 Å². The molecule has 1 aromatic carbocycles. The van der Waals surface area contributed by atoms with Crippen molar-refractivity contribution in [3.8, 4) is 5.75 Å². The summed E-state index contributed by atoms with van der Waals surface area (Å²) in [5.74, 6) is 0.0897. The summed E-state index contributed by atoms with van der Waals surface area (Å²) >= 11 is 0. The first-order valence-electron chi connectivity index (χ1n) is 5.72. The Balaban J connectivity index is 2.00. The standard InChI is InChI=1S/C13H16O3/c14-13(15)9-8-10-4-1-2-7-12(10)16-11-5-3-6-11/h1-2,4,7,11H,3,5-6,8-9H2,(H,14,15). The van der Waals surface area contributed by atoms with Crippen LogP contribution in [0.1, 0.15) is 31.2 Å². The average Bonchev–Trinajstić information content (AvgIpc) is 2.22. The number of carboxylic acids is 1. The van der Waals surface area contributed by atoms with Crippen molar-refractivity contribution in [2.45, 2.75) is 38.2 Å². The van der Waals surface area contributed by atoms with Gasteiger partial charge >= 0.3 is 5.97 Å². The van der Waals surface area contributed by atoms with Crippen molar-refractivity contribution >= 4 is 5.97 Å². The molecule has 1 aliphatic rings. The Hall–Kier alpha value is -1.51. The summed E-state index contributed by atoms with van der Waals surface area (Å²) < 4.78 is 5.82. The van der Waals surface area contributed by atoms with Crippen LogP contribution in [0, 0.1) is 0 Å². The molecule has 0 unspecified atom stereocenters. The molecule has 86 valence electrons. The van der Waals surface area contributed by atoms with Crippen LogP contribution in [0.3, 0.4) is 0 Å². The van der Waals surface area contributed by atoms with E-state index in [2.05, 4.69) is 0 Å². The largest absolute Gasteiger partial charge is 0.490 e. The van der Waals surface area contributed by atoms with Crippen LogP contribution in [0.5, 0.6) is 5.75 Å². The van der Waals surface area contributed by atoms with Crippen LogP contribution in [0.25, 0.3) is 0 Å². The third kappa shape index (κ3) is 2.75. The summed E-state index contributed by atoms with van der Waals surface area (Å²) in [4.78, 5) is 10.5. The number of hydrogen-bond acceptors (Lipinski definition) is 2. The van der Waals surface area contributed by atoms with E-state index in [1.165, 1.54) is 6.42 Å². The maximum absolute atomic E-state index is 10.5. The highest BCUT2D eigenvalue weighted by atomic mass is 16.5. The molecular formula is C13H16O3. The smallest absolute Gasteiger partial charge is 0.303 e. The van der Waals surface area contributed by atoms with Gasteiger partial charge in [-0.1, -0.05) is 18.2 Å².